The van der Waals surface area contributed by atoms with Gasteiger partial charge in [-0.15, -0.1) is 0 Å². The van der Waals surface area contributed by atoms with E-state index in [1.165, 1.54) is 5.69 Å². The number of aromatic nitrogens is 2. The minimum Gasteiger partial charge on any atom is -0.328 e. The number of nitrogens with two attached hydrogens (primary N) is 1. The van der Waals surface area contributed by atoms with E-state index >= 15 is 0 Å². The quantitative estimate of drug-likeness (QED) is 0.878. The summed E-state index contributed by atoms with van der Waals surface area (Å²) in [5.74, 6) is 0. The zero-order valence-electron chi connectivity index (χ0n) is 8.99. The van der Waals surface area contributed by atoms with Gasteiger partial charge in [0.1, 0.15) is 0 Å². The fraction of sp³-hybridized carbons (Fsp3) is 0.700. The van der Waals surface area contributed by atoms with Crippen LogP contribution in [-0.2, 0) is 13.6 Å². The lowest BCUT2D eigenvalue weighted by molar-refractivity contribution is 0.201. The van der Waals surface area contributed by atoms with E-state index < -0.39 is 0 Å². The summed E-state index contributed by atoms with van der Waals surface area (Å²) < 4.78 is 3.03. The first-order chi connectivity index (χ1) is 7.16. The first-order valence-corrected chi connectivity index (χ1v) is 6.10. The molecule has 0 saturated carbocycles. The van der Waals surface area contributed by atoms with Gasteiger partial charge in [0.25, 0.3) is 0 Å². The van der Waals surface area contributed by atoms with Crippen LogP contribution >= 0.6 is 15.9 Å². The van der Waals surface area contributed by atoms with Crippen molar-refractivity contribution >= 4 is 15.9 Å². The predicted molar refractivity (Wildman–Crippen MR) is 63.4 cm³/mol. The Bertz CT molecular complexity index is 309. The molecule has 1 aliphatic rings. The van der Waals surface area contributed by atoms with Crippen molar-refractivity contribution in [3.8, 4) is 0 Å². The zero-order valence-corrected chi connectivity index (χ0v) is 10.6. The normalized spacial score (nSPS) is 19.7. The lowest BCUT2D eigenvalue weighted by Crippen LogP contribution is -2.39. The molecule has 1 aromatic heterocycles. The topological polar surface area (TPSA) is 47.1 Å². The van der Waals surface area contributed by atoms with E-state index in [0.717, 1.165) is 36.9 Å². The molecule has 4 nitrogen and oxygen atoms in total. The van der Waals surface area contributed by atoms with Gasteiger partial charge in [-0.05, 0) is 28.8 Å². The molecule has 2 rings (SSSR count). The number of rotatable bonds is 2. The van der Waals surface area contributed by atoms with Crippen LogP contribution in [-0.4, -0.2) is 33.8 Å². The largest absolute Gasteiger partial charge is 0.328 e. The van der Waals surface area contributed by atoms with Gasteiger partial charge in [0, 0.05) is 32.7 Å². The highest BCUT2D eigenvalue weighted by Gasteiger charge is 2.18. The molecule has 15 heavy (non-hydrogen) atoms. The van der Waals surface area contributed by atoms with Gasteiger partial charge in [-0.1, -0.05) is 0 Å². The van der Waals surface area contributed by atoms with Crippen LogP contribution in [0.5, 0.6) is 0 Å². The van der Waals surface area contributed by atoms with E-state index in [4.69, 9.17) is 5.73 Å². The average molecular weight is 273 g/mol. The number of piperidine rings is 1. The molecule has 0 spiro atoms. The fourth-order valence-electron chi connectivity index (χ4n) is 1.94. The Morgan fingerprint density at radius 2 is 2.20 bits per heavy atom. The van der Waals surface area contributed by atoms with Crippen LogP contribution < -0.4 is 5.73 Å². The Hall–Kier alpha value is -0.390. The van der Waals surface area contributed by atoms with Gasteiger partial charge in [-0.25, -0.2) is 0 Å². The van der Waals surface area contributed by atoms with Crippen LogP contribution in [0.4, 0.5) is 0 Å². The summed E-state index contributed by atoms with van der Waals surface area (Å²) in [6.07, 6.45) is 4.07. The second kappa shape index (κ2) is 4.63. The summed E-state index contributed by atoms with van der Waals surface area (Å²) in [6, 6.07) is 0.399. The van der Waals surface area contributed by atoms with Crippen molar-refractivity contribution in [2.45, 2.75) is 25.4 Å². The van der Waals surface area contributed by atoms with E-state index in [0.29, 0.717) is 6.04 Å². The smallest absolute Gasteiger partial charge is 0.0663 e. The van der Waals surface area contributed by atoms with E-state index in [9.17, 15) is 0 Å². The number of aryl methyl sites for hydroxylation is 1. The molecule has 1 saturated heterocycles. The molecule has 1 aromatic rings. The number of hydrogen-bond donors (Lipinski definition) is 1. The third kappa shape index (κ3) is 2.59. The van der Waals surface area contributed by atoms with Crippen molar-refractivity contribution in [2.24, 2.45) is 12.8 Å². The Balaban J connectivity index is 1.97. The highest BCUT2D eigenvalue weighted by molar-refractivity contribution is 9.10. The van der Waals surface area contributed by atoms with Crippen LogP contribution in [0.25, 0.3) is 0 Å². The summed E-state index contributed by atoms with van der Waals surface area (Å²) in [4.78, 5) is 2.44. The second-order valence-corrected chi connectivity index (χ2v) is 5.03. The summed E-state index contributed by atoms with van der Waals surface area (Å²) in [5, 5.41) is 4.22. The number of halogens is 1. The summed E-state index contributed by atoms with van der Waals surface area (Å²) in [7, 11) is 1.98. The van der Waals surface area contributed by atoms with Crippen molar-refractivity contribution in [1.29, 1.82) is 0 Å². The third-order valence-electron chi connectivity index (χ3n) is 3.02. The van der Waals surface area contributed by atoms with Crippen LogP contribution in [0.1, 0.15) is 18.5 Å². The molecule has 0 atom stereocenters. The van der Waals surface area contributed by atoms with Gasteiger partial charge >= 0.3 is 0 Å². The Kier molecular flexibility index (Phi) is 3.43. The highest BCUT2D eigenvalue weighted by Crippen LogP contribution is 2.19. The van der Waals surface area contributed by atoms with Gasteiger partial charge in [-0.3, -0.25) is 9.58 Å². The van der Waals surface area contributed by atoms with Crippen LogP contribution in [0.2, 0.25) is 0 Å². The second-order valence-electron chi connectivity index (χ2n) is 4.18. The van der Waals surface area contributed by atoms with E-state index in [1.807, 2.05) is 17.9 Å². The van der Waals surface area contributed by atoms with Gasteiger partial charge in [-0.2, -0.15) is 5.10 Å². The van der Waals surface area contributed by atoms with E-state index in [-0.39, 0.29) is 0 Å². The average Bonchev–Trinajstić information content (AvgIpc) is 2.53. The Morgan fingerprint density at radius 3 is 2.73 bits per heavy atom. The van der Waals surface area contributed by atoms with Gasteiger partial charge < -0.3 is 5.73 Å². The molecule has 0 bridgehead atoms. The van der Waals surface area contributed by atoms with Gasteiger partial charge in [0.2, 0.25) is 0 Å². The first-order valence-electron chi connectivity index (χ1n) is 5.31. The third-order valence-corrected chi connectivity index (χ3v) is 3.68. The number of likely N-dealkylation sites (tertiary alicyclic amines) is 1. The van der Waals surface area contributed by atoms with Crippen molar-refractivity contribution in [3.63, 3.8) is 0 Å². The lowest BCUT2D eigenvalue weighted by Gasteiger charge is -2.29. The molecular weight excluding hydrogens is 256 g/mol. The van der Waals surface area contributed by atoms with Crippen LogP contribution in [0, 0.1) is 0 Å². The minimum absolute atomic E-state index is 0.399. The summed E-state index contributed by atoms with van der Waals surface area (Å²) >= 11 is 3.52. The summed E-state index contributed by atoms with van der Waals surface area (Å²) in [5.41, 5.74) is 7.12. The molecule has 0 aliphatic carbocycles. The van der Waals surface area contributed by atoms with E-state index in [1.54, 1.807) is 0 Å². The SMILES string of the molecule is Cn1ncc(Br)c1CN1CCC(N)CC1. The predicted octanol–water partition coefficient (Wildman–Crippen LogP) is 1.11. The van der Waals surface area contributed by atoms with Crippen molar-refractivity contribution in [1.82, 2.24) is 14.7 Å². The summed E-state index contributed by atoms with van der Waals surface area (Å²) in [6.45, 7) is 3.15. The van der Waals surface area contributed by atoms with Crippen molar-refractivity contribution < 1.29 is 0 Å². The first kappa shape index (κ1) is 11.1. The molecule has 2 heterocycles. The Labute approximate surface area is 98.6 Å². The maximum atomic E-state index is 5.88. The van der Waals surface area contributed by atoms with Crippen LogP contribution in [0.3, 0.4) is 0 Å². The molecule has 1 aliphatic heterocycles. The zero-order chi connectivity index (χ0) is 10.8. The van der Waals surface area contributed by atoms with Crippen molar-refractivity contribution in [2.75, 3.05) is 13.1 Å². The fourth-order valence-corrected chi connectivity index (χ4v) is 2.41. The van der Waals surface area contributed by atoms with Crippen LogP contribution in [0.15, 0.2) is 10.7 Å². The monoisotopic (exact) mass is 272 g/mol. The van der Waals surface area contributed by atoms with E-state index in [2.05, 4.69) is 25.9 Å². The lowest BCUT2D eigenvalue weighted by atomic mass is 10.1. The maximum absolute atomic E-state index is 5.88. The number of hydrogen-bond acceptors (Lipinski definition) is 3. The molecule has 0 amide bonds. The minimum atomic E-state index is 0.399. The number of nitrogens with zero attached hydrogens (tertiary/aromatic N) is 3. The van der Waals surface area contributed by atoms with Gasteiger partial charge in [0.05, 0.1) is 16.4 Å². The molecule has 5 heteroatoms. The molecule has 84 valence electrons. The molecular formula is C10H17BrN4. The molecule has 0 radical (unpaired) electrons. The standard InChI is InChI=1S/C10H17BrN4/c1-14-10(9(11)6-13-14)7-15-4-2-8(12)3-5-15/h6,8H,2-5,7,12H2,1H3. The van der Waals surface area contributed by atoms with Gasteiger partial charge in [0.15, 0.2) is 0 Å². The molecule has 1 fully saturated rings. The molecule has 2 N–H and O–H groups in total. The van der Waals surface area contributed by atoms with Crippen molar-refractivity contribution in [3.05, 3.63) is 16.4 Å². The highest BCUT2D eigenvalue weighted by atomic mass is 79.9. The molecule has 0 aromatic carbocycles. The maximum Gasteiger partial charge on any atom is 0.0663 e. The Morgan fingerprint density at radius 1 is 1.53 bits per heavy atom. The molecule has 0 unspecified atom stereocenters.